The number of aromatic nitrogens is 2. The molecule has 184 valence electrons. The van der Waals surface area contributed by atoms with Gasteiger partial charge in [-0.3, -0.25) is 15.6 Å². The summed E-state index contributed by atoms with van der Waals surface area (Å²) in [6, 6.07) is 24.8. The quantitative estimate of drug-likeness (QED) is 0.249. The zero-order valence-corrected chi connectivity index (χ0v) is 20.7. The number of hydrogen-bond donors (Lipinski definition) is 3. The van der Waals surface area contributed by atoms with Gasteiger partial charge in [0.05, 0.1) is 5.02 Å². The normalized spacial score (nSPS) is 10.5. The van der Waals surface area contributed by atoms with Crippen LogP contribution in [0.2, 0.25) is 10.0 Å². The molecule has 36 heavy (non-hydrogen) atoms. The lowest BCUT2D eigenvalue weighted by atomic mass is 10.1. The number of carbonyl (C=O) groups is 1. The van der Waals surface area contributed by atoms with E-state index in [-0.39, 0.29) is 12.4 Å². The van der Waals surface area contributed by atoms with Gasteiger partial charge in [-0.05, 0) is 29.3 Å². The lowest BCUT2D eigenvalue weighted by Crippen LogP contribution is -2.34. The molecule has 8 nitrogen and oxygen atoms in total. The Hall–Kier alpha value is -4.01. The van der Waals surface area contributed by atoms with Crippen molar-refractivity contribution in [2.24, 2.45) is 0 Å². The Morgan fingerprint density at radius 3 is 2.17 bits per heavy atom. The van der Waals surface area contributed by atoms with E-state index in [0.717, 1.165) is 11.1 Å². The Balaban J connectivity index is 1.45. The molecule has 4 N–H and O–H groups in total. The Kier molecular flexibility index (Phi) is 8.44. The molecule has 0 aliphatic heterocycles. The van der Waals surface area contributed by atoms with Crippen LogP contribution >= 0.6 is 23.2 Å². The van der Waals surface area contributed by atoms with Crippen molar-refractivity contribution in [1.82, 2.24) is 15.4 Å². The fourth-order valence-corrected chi connectivity index (χ4v) is 3.91. The number of hydrogen-bond acceptors (Lipinski definition) is 7. The van der Waals surface area contributed by atoms with Gasteiger partial charge in [0.2, 0.25) is 0 Å². The Morgan fingerprint density at radius 1 is 0.917 bits per heavy atom. The summed E-state index contributed by atoms with van der Waals surface area (Å²) in [5.41, 5.74) is 14.2. The van der Waals surface area contributed by atoms with Crippen molar-refractivity contribution in [3.05, 3.63) is 106 Å². The van der Waals surface area contributed by atoms with Crippen molar-refractivity contribution >= 4 is 46.4 Å². The fourth-order valence-electron chi connectivity index (χ4n) is 3.45. The Morgan fingerprint density at radius 2 is 1.56 bits per heavy atom. The third kappa shape index (κ3) is 6.78. The van der Waals surface area contributed by atoms with E-state index in [4.69, 9.17) is 33.7 Å². The van der Waals surface area contributed by atoms with Crippen LogP contribution < -0.4 is 26.2 Å². The van der Waals surface area contributed by atoms with Crippen molar-refractivity contribution < 1.29 is 9.53 Å². The van der Waals surface area contributed by atoms with Crippen LogP contribution in [-0.4, -0.2) is 22.5 Å². The van der Waals surface area contributed by atoms with Gasteiger partial charge in [0.15, 0.2) is 18.2 Å². The lowest BCUT2D eigenvalue weighted by molar-refractivity contribution is -0.122. The molecule has 1 heterocycles. The predicted molar refractivity (Wildman–Crippen MR) is 143 cm³/mol. The number of amides is 1. The highest BCUT2D eigenvalue weighted by Crippen LogP contribution is 2.29. The molecule has 0 spiro atoms. The predicted octanol–water partition coefficient (Wildman–Crippen LogP) is 5.09. The summed E-state index contributed by atoms with van der Waals surface area (Å²) in [4.78, 5) is 23.0. The van der Waals surface area contributed by atoms with Crippen LogP contribution in [0.1, 0.15) is 11.1 Å². The zero-order valence-electron chi connectivity index (χ0n) is 19.2. The number of anilines is 3. The summed E-state index contributed by atoms with van der Waals surface area (Å²) >= 11 is 12.0. The smallest absolute Gasteiger partial charge is 0.276 e. The summed E-state index contributed by atoms with van der Waals surface area (Å²) in [6.45, 7) is 0.886. The second-order valence-corrected chi connectivity index (χ2v) is 8.67. The van der Waals surface area contributed by atoms with E-state index < -0.39 is 5.91 Å². The molecule has 0 bridgehead atoms. The van der Waals surface area contributed by atoms with E-state index in [2.05, 4.69) is 25.7 Å². The molecule has 4 aromatic rings. The molecule has 1 aromatic heterocycles. The van der Waals surface area contributed by atoms with Crippen LogP contribution in [0.5, 0.6) is 5.75 Å². The molecule has 3 aromatic carbocycles. The third-order valence-corrected chi connectivity index (χ3v) is 5.70. The number of nitrogens with two attached hydrogens (primary N) is 1. The number of nitrogens with one attached hydrogen (secondary N) is 2. The molecule has 0 saturated carbocycles. The maximum Gasteiger partial charge on any atom is 0.276 e. The number of nitrogen functional groups attached to an aromatic ring is 1. The minimum atomic E-state index is -0.453. The summed E-state index contributed by atoms with van der Waals surface area (Å²) < 4.78 is 5.45. The molecule has 0 fully saturated rings. The number of carbonyl (C=O) groups excluding carboxylic acids is 1. The van der Waals surface area contributed by atoms with Crippen LogP contribution in [0.4, 0.5) is 17.3 Å². The van der Waals surface area contributed by atoms with Gasteiger partial charge in [0, 0.05) is 18.1 Å². The number of hydrazine groups is 1. The molecular formula is C26H24Cl2N6O2. The largest absolute Gasteiger partial charge is 0.482 e. The van der Waals surface area contributed by atoms with Crippen LogP contribution in [-0.2, 0) is 17.9 Å². The highest BCUT2D eigenvalue weighted by Gasteiger charge is 2.17. The van der Waals surface area contributed by atoms with E-state index in [9.17, 15) is 4.79 Å². The topological polar surface area (TPSA) is 105 Å². The van der Waals surface area contributed by atoms with E-state index in [1.807, 2.05) is 60.7 Å². The lowest BCUT2D eigenvalue weighted by Gasteiger charge is -2.26. The minimum absolute atomic E-state index is 0.268. The van der Waals surface area contributed by atoms with Crippen molar-refractivity contribution in [2.45, 2.75) is 13.1 Å². The summed E-state index contributed by atoms with van der Waals surface area (Å²) in [5.74, 6) is 0.700. The second kappa shape index (κ2) is 12.1. The number of halogens is 2. The van der Waals surface area contributed by atoms with Crippen LogP contribution in [0.3, 0.4) is 0 Å². The number of ether oxygens (including phenoxy) is 1. The standard InChI is InChI=1S/C26H24Cl2N6O2/c27-20-11-12-22(21(28)13-20)36-16-23(35)32-33-25-24(29)26(31-17-30-25)34(14-18-7-3-1-4-8-18)15-19-9-5-2-6-10-19/h1-13,17H,14-16,29H2,(H,32,35)(H,30,31,33). The maximum absolute atomic E-state index is 12.3. The van der Waals surface area contributed by atoms with Gasteiger partial charge < -0.3 is 15.4 Å². The first kappa shape index (κ1) is 25.1. The first-order chi connectivity index (χ1) is 17.5. The average molecular weight is 523 g/mol. The molecular weight excluding hydrogens is 499 g/mol. The van der Waals surface area contributed by atoms with Gasteiger partial charge in [-0.2, -0.15) is 0 Å². The van der Waals surface area contributed by atoms with E-state index in [0.29, 0.717) is 40.4 Å². The summed E-state index contributed by atoms with van der Waals surface area (Å²) in [6.07, 6.45) is 1.40. The fraction of sp³-hybridized carbons (Fsp3) is 0.115. The van der Waals surface area contributed by atoms with E-state index in [1.54, 1.807) is 12.1 Å². The van der Waals surface area contributed by atoms with Gasteiger partial charge in [0.25, 0.3) is 5.91 Å². The molecule has 4 rings (SSSR count). The monoisotopic (exact) mass is 522 g/mol. The number of nitrogens with zero attached hydrogens (tertiary/aromatic N) is 3. The van der Waals surface area contributed by atoms with Gasteiger partial charge in [-0.1, -0.05) is 83.9 Å². The maximum atomic E-state index is 12.3. The Labute approximate surface area is 219 Å². The average Bonchev–Trinajstić information content (AvgIpc) is 2.88. The number of rotatable bonds is 10. The minimum Gasteiger partial charge on any atom is -0.482 e. The zero-order chi connectivity index (χ0) is 25.3. The van der Waals surface area contributed by atoms with Gasteiger partial charge >= 0.3 is 0 Å². The van der Waals surface area contributed by atoms with Crippen molar-refractivity contribution in [3.63, 3.8) is 0 Å². The molecule has 0 aliphatic rings. The van der Waals surface area contributed by atoms with Crippen LogP contribution in [0, 0.1) is 0 Å². The molecule has 0 atom stereocenters. The first-order valence-electron chi connectivity index (χ1n) is 11.1. The third-order valence-electron chi connectivity index (χ3n) is 5.17. The van der Waals surface area contributed by atoms with Crippen molar-refractivity contribution in [3.8, 4) is 5.75 Å². The summed E-state index contributed by atoms with van der Waals surface area (Å²) in [5, 5.41) is 0.784. The first-order valence-corrected chi connectivity index (χ1v) is 11.8. The van der Waals surface area contributed by atoms with Gasteiger partial charge in [-0.25, -0.2) is 9.97 Å². The van der Waals surface area contributed by atoms with Crippen molar-refractivity contribution in [2.75, 3.05) is 22.7 Å². The van der Waals surface area contributed by atoms with Gasteiger partial charge in [0.1, 0.15) is 17.8 Å². The SMILES string of the molecule is Nc1c(NNC(=O)COc2ccc(Cl)cc2Cl)ncnc1N(Cc1ccccc1)Cc1ccccc1. The molecule has 0 unspecified atom stereocenters. The second-order valence-electron chi connectivity index (χ2n) is 7.82. The van der Waals surface area contributed by atoms with E-state index >= 15 is 0 Å². The summed E-state index contributed by atoms with van der Waals surface area (Å²) in [7, 11) is 0. The van der Waals surface area contributed by atoms with Gasteiger partial charge in [-0.15, -0.1) is 0 Å². The van der Waals surface area contributed by atoms with E-state index in [1.165, 1.54) is 12.4 Å². The molecule has 1 amide bonds. The molecule has 0 saturated heterocycles. The highest BCUT2D eigenvalue weighted by molar-refractivity contribution is 6.35. The van der Waals surface area contributed by atoms with Crippen LogP contribution in [0.15, 0.2) is 85.2 Å². The molecule has 10 heteroatoms. The highest BCUT2D eigenvalue weighted by atomic mass is 35.5. The Bertz CT molecular complexity index is 1270. The molecule has 0 aliphatic carbocycles. The number of benzene rings is 3. The molecule has 0 radical (unpaired) electrons. The van der Waals surface area contributed by atoms with Crippen LogP contribution in [0.25, 0.3) is 0 Å². The van der Waals surface area contributed by atoms with Crippen molar-refractivity contribution in [1.29, 1.82) is 0 Å².